The SMILES string of the molecule is CC(=O)Nc1ccc([C@]2(O)COc3ccccc3O2)cc1. The van der Waals surface area contributed by atoms with E-state index in [-0.39, 0.29) is 12.5 Å². The summed E-state index contributed by atoms with van der Waals surface area (Å²) in [5.74, 6) is -0.579. The Kier molecular flexibility index (Phi) is 3.27. The Morgan fingerprint density at radius 3 is 2.48 bits per heavy atom. The van der Waals surface area contributed by atoms with E-state index in [1.165, 1.54) is 6.92 Å². The van der Waals surface area contributed by atoms with Gasteiger partial charge in [-0.05, 0) is 24.3 Å². The lowest BCUT2D eigenvalue weighted by atomic mass is 10.0. The van der Waals surface area contributed by atoms with Crippen LogP contribution in [0.3, 0.4) is 0 Å². The van der Waals surface area contributed by atoms with Crippen LogP contribution in [0.4, 0.5) is 5.69 Å². The van der Waals surface area contributed by atoms with Crippen LogP contribution >= 0.6 is 0 Å². The fourth-order valence-corrected chi connectivity index (χ4v) is 2.20. The predicted molar refractivity (Wildman–Crippen MR) is 77.2 cm³/mol. The highest BCUT2D eigenvalue weighted by Crippen LogP contribution is 2.38. The van der Waals surface area contributed by atoms with Crippen LogP contribution in [0.25, 0.3) is 0 Å². The first-order chi connectivity index (χ1) is 10.1. The average Bonchev–Trinajstić information content (AvgIpc) is 2.47. The van der Waals surface area contributed by atoms with Gasteiger partial charge in [0.05, 0.1) is 0 Å². The lowest BCUT2D eigenvalue weighted by Gasteiger charge is -2.34. The van der Waals surface area contributed by atoms with E-state index in [9.17, 15) is 9.90 Å². The van der Waals surface area contributed by atoms with Crippen LogP contribution in [0, 0.1) is 0 Å². The van der Waals surface area contributed by atoms with Gasteiger partial charge >= 0.3 is 0 Å². The van der Waals surface area contributed by atoms with E-state index in [0.717, 1.165) is 0 Å². The average molecular weight is 285 g/mol. The molecule has 1 heterocycles. The summed E-state index contributed by atoms with van der Waals surface area (Å²) in [4.78, 5) is 11.0. The van der Waals surface area contributed by atoms with Crippen molar-refractivity contribution in [1.82, 2.24) is 0 Å². The zero-order valence-electron chi connectivity index (χ0n) is 11.5. The molecule has 2 aromatic carbocycles. The minimum Gasteiger partial charge on any atom is -0.482 e. The minimum absolute atomic E-state index is 0.00347. The summed E-state index contributed by atoms with van der Waals surface area (Å²) < 4.78 is 11.2. The van der Waals surface area contributed by atoms with Gasteiger partial charge in [0.25, 0.3) is 5.79 Å². The van der Waals surface area contributed by atoms with Crippen molar-refractivity contribution in [3.05, 3.63) is 54.1 Å². The number of benzene rings is 2. The number of hydrogen-bond acceptors (Lipinski definition) is 4. The largest absolute Gasteiger partial charge is 0.482 e. The Balaban J connectivity index is 1.85. The fraction of sp³-hybridized carbons (Fsp3) is 0.188. The first kappa shape index (κ1) is 13.5. The van der Waals surface area contributed by atoms with Crippen molar-refractivity contribution < 1.29 is 19.4 Å². The molecule has 5 nitrogen and oxygen atoms in total. The van der Waals surface area contributed by atoms with Crippen molar-refractivity contribution >= 4 is 11.6 Å². The van der Waals surface area contributed by atoms with Gasteiger partial charge in [0.1, 0.15) is 0 Å². The predicted octanol–water partition coefficient (Wildman–Crippen LogP) is 2.26. The number of aliphatic hydroxyl groups is 1. The maximum absolute atomic E-state index is 11.0. The molecule has 0 radical (unpaired) electrons. The molecule has 0 unspecified atom stereocenters. The molecular weight excluding hydrogens is 270 g/mol. The Labute approximate surface area is 122 Å². The van der Waals surface area contributed by atoms with Crippen molar-refractivity contribution in [3.63, 3.8) is 0 Å². The van der Waals surface area contributed by atoms with Crippen molar-refractivity contribution in [2.75, 3.05) is 11.9 Å². The lowest BCUT2D eigenvalue weighted by Crippen LogP contribution is -2.41. The van der Waals surface area contributed by atoms with Crippen molar-refractivity contribution in [2.24, 2.45) is 0 Å². The number of para-hydroxylation sites is 2. The minimum atomic E-state index is -1.54. The quantitative estimate of drug-likeness (QED) is 0.888. The first-order valence-electron chi connectivity index (χ1n) is 6.58. The fourth-order valence-electron chi connectivity index (χ4n) is 2.20. The molecule has 0 saturated carbocycles. The van der Waals surface area contributed by atoms with Gasteiger partial charge in [-0.25, -0.2) is 0 Å². The normalized spacial score (nSPS) is 19.9. The van der Waals surface area contributed by atoms with Gasteiger partial charge in [-0.15, -0.1) is 0 Å². The standard InChI is InChI=1S/C16H15NO4/c1-11(18)17-13-8-6-12(7-9-13)16(19)10-20-14-4-2-3-5-15(14)21-16/h2-9,19H,10H2,1H3,(H,17,18)/t16-/m0/s1. The molecular formula is C16H15NO4. The van der Waals surface area contributed by atoms with Gasteiger partial charge in [0.15, 0.2) is 18.1 Å². The molecule has 3 rings (SSSR count). The molecule has 1 atom stereocenters. The van der Waals surface area contributed by atoms with Gasteiger partial charge in [0.2, 0.25) is 5.91 Å². The van der Waals surface area contributed by atoms with Gasteiger partial charge in [0, 0.05) is 18.2 Å². The number of carbonyl (C=O) groups is 1. The highest BCUT2D eigenvalue weighted by molar-refractivity contribution is 5.88. The van der Waals surface area contributed by atoms with Crippen LogP contribution in [-0.4, -0.2) is 17.6 Å². The Hall–Kier alpha value is -2.53. The molecule has 21 heavy (non-hydrogen) atoms. The molecule has 0 spiro atoms. The monoisotopic (exact) mass is 285 g/mol. The van der Waals surface area contributed by atoms with Crippen molar-refractivity contribution in [3.8, 4) is 11.5 Å². The van der Waals surface area contributed by atoms with Gasteiger partial charge in [-0.3, -0.25) is 4.79 Å². The van der Waals surface area contributed by atoms with Gasteiger partial charge in [-0.1, -0.05) is 24.3 Å². The summed E-state index contributed by atoms with van der Waals surface area (Å²) in [5, 5.41) is 13.3. The zero-order chi connectivity index (χ0) is 14.9. The van der Waals surface area contributed by atoms with Crippen LogP contribution in [0.15, 0.2) is 48.5 Å². The van der Waals surface area contributed by atoms with E-state index in [2.05, 4.69) is 5.32 Å². The number of nitrogens with one attached hydrogen (secondary N) is 1. The van der Waals surface area contributed by atoms with Crippen LogP contribution in [-0.2, 0) is 10.6 Å². The maximum Gasteiger partial charge on any atom is 0.269 e. The van der Waals surface area contributed by atoms with E-state index >= 15 is 0 Å². The number of ether oxygens (including phenoxy) is 2. The summed E-state index contributed by atoms with van der Waals surface area (Å²) >= 11 is 0. The summed E-state index contributed by atoms with van der Waals surface area (Å²) in [6.45, 7) is 1.44. The third kappa shape index (κ3) is 2.68. The number of anilines is 1. The number of fused-ring (bicyclic) bond motifs is 1. The van der Waals surface area contributed by atoms with Crippen LogP contribution in [0.2, 0.25) is 0 Å². The van der Waals surface area contributed by atoms with E-state index in [0.29, 0.717) is 22.7 Å². The Morgan fingerprint density at radius 2 is 1.81 bits per heavy atom. The van der Waals surface area contributed by atoms with Gasteiger partial charge in [-0.2, -0.15) is 0 Å². The van der Waals surface area contributed by atoms with E-state index in [1.54, 1.807) is 36.4 Å². The Morgan fingerprint density at radius 1 is 1.14 bits per heavy atom. The summed E-state index contributed by atoms with van der Waals surface area (Å²) in [6.07, 6.45) is 0. The van der Waals surface area contributed by atoms with E-state index in [1.807, 2.05) is 12.1 Å². The molecule has 2 aromatic rings. The molecule has 5 heteroatoms. The maximum atomic E-state index is 11.0. The molecule has 2 N–H and O–H groups in total. The molecule has 0 aliphatic carbocycles. The topological polar surface area (TPSA) is 67.8 Å². The van der Waals surface area contributed by atoms with Crippen LogP contribution in [0.1, 0.15) is 12.5 Å². The third-order valence-corrected chi connectivity index (χ3v) is 3.21. The summed E-state index contributed by atoms with van der Waals surface area (Å²) in [7, 11) is 0. The highest BCUT2D eigenvalue weighted by atomic mass is 16.7. The summed E-state index contributed by atoms with van der Waals surface area (Å²) in [6, 6.07) is 14.0. The number of rotatable bonds is 2. The number of amides is 1. The second-order valence-electron chi connectivity index (χ2n) is 4.88. The highest BCUT2D eigenvalue weighted by Gasteiger charge is 2.37. The number of carbonyl (C=O) groups excluding carboxylic acids is 1. The third-order valence-electron chi connectivity index (χ3n) is 3.21. The molecule has 108 valence electrons. The lowest BCUT2D eigenvalue weighted by molar-refractivity contribution is -0.182. The Bertz CT molecular complexity index is 668. The zero-order valence-corrected chi connectivity index (χ0v) is 11.5. The van der Waals surface area contributed by atoms with Gasteiger partial charge < -0.3 is 19.9 Å². The number of hydrogen-bond donors (Lipinski definition) is 2. The molecule has 0 saturated heterocycles. The van der Waals surface area contributed by atoms with Crippen molar-refractivity contribution in [2.45, 2.75) is 12.7 Å². The molecule has 0 bridgehead atoms. The first-order valence-corrected chi connectivity index (χ1v) is 6.58. The van der Waals surface area contributed by atoms with Crippen molar-refractivity contribution in [1.29, 1.82) is 0 Å². The molecule has 0 aromatic heterocycles. The van der Waals surface area contributed by atoms with Crippen LogP contribution in [0.5, 0.6) is 11.5 Å². The second-order valence-corrected chi connectivity index (χ2v) is 4.88. The molecule has 1 aliphatic heterocycles. The van der Waals surface area contributed by atoms with Crippen LogP contribution < -0.4 is 14.8 Å². The van der Waals surface area contributed by atoms with E-state index < -0.39 is 5.79 Å². The molecule has 1 aliphatic rings. The molecule has 1 amide bonds. The summed E-state index contributed by atoms with van der Waals surface area (Å²) in [5.41, 5.74) is 1.22. The molecule has 0 fully saturated rings. The van der Waals surface area contributed by atoms with E-state index in [4.69, 9.17) is 9.47 Å². The second kappa shape index (κ2) is 5.10. The smallest absolute Gasteiger partial charge is 0.269 e.